The van der Waals surface area contributed by atoms with Crippen LogP contribution in [-0.2, 0) is 0 Å². The van der Waals surface area contributed by atoms with Crippen molar-refractivity contribution in [2.75, 3.05) is 39.3 Å². The topological polar surface area (TPSA) is 96.3 Å². The van der Waals surface area contributed by atoms with E-state index in [0.717, 1.165) is 51.9 Å². The van der Waals surface area contributed by atoms with Crippen LogP contribution in [0.3, 0.4) is 0 Å². The van der Waals surface area contributed by atoms with Gasteiger partial charge in [-0.2, -0.15) is 0 Å². The smallest absolute Gasteiger partial charge is 0.0788 e. The van der Waals surface area contributed by atoms with Gasteiger partial charge >= 0.3 is 0 Å². The van der Waals surface area contributed by atoms with E-state index in [1.807, 2.05) is 0 Å². The molecule has 5 nitrogen and oxygen atoms in total. The molecule has 0 bridgehead atoms. The number of hydrogen-bond donors (Lipinski definition) is 5. The molecule has 0 saturated heterocycles. The van der Waals surface area contributed by atoms with Crippen LogP contribution in [0.15, 0.2) is 0 Å². The van der Waals surface area contributed by atoms with E-state index in [4.69, 9.17) is 11.5 Å². The van der Waals surface area contributed by atoms with Crippen LogP contribution in [0.4, 0.5) is 0 Å². The minimum absolute atomic E-state index is 0.335. The zero-order chi connectivity index (χ0) is 19.1. The Bertz CT molecular complexity index is 283. The van der Waals surface area contributed by atoms with Crippen LogP contribution in [0.2, 0.25) is 0 Å². The van der Waals surface area contributed by atoms with Crippen LogP contribution in [0.5, 0.6) is 0 Å². The van der Waals surface area contributed by atoms with Crippen molar-refractivity contribution in [1.29, 1.82) is 0 Å². The maximum atomic E-state index is 10.1. The summed E-state index contributed by atoms with van der Waals surface area (Å²) in [5.74, 6) is 2.49. The Hall–Kier alpha value is -0.200. The van der Waals surface area contributed by atoms with E-state index in [0.29, 0.717) is 36.8 Å². The van der Waals surface area contributed by atoms with E-state index in [1.54, 1.807) is 0 Å². The SMILES string of the molecule is CCC(CN)CC(C)CNCC(O)CNCC(CC)CC(CC)CN. The molecule has 0 aromatic rings. The monoisotopic (exact) mass is 358 g/mol. The highest BCUT2D eigenvalue weighted by Gasteiger charge is 2.14. The number of nitrogens with one attached hydrogen (secondary N) is 2. The largest absolute Gasteiger partial charge is 0.390 e. The summed E-state index contributed by atoms with van der Waals surface area (Å²) in [5.41, 5.74) is 11.6. The molecular weight excluding hydrogens is 312 g/mol. The molecule has 5 unspecified atom stereocenters. The lowest BCUT2D eigenvalue weighted by Crippen LogP contribution is -2.39. The average molecular weight is 359 g/mol. The van der Waals surface area contributed by atoms with Crippen LogP contribution >= 0.6 is 0 Å². The van der Waals surface area contributed by atoms with Crippen LogP contribution in [0.25, 0.3) is 0 Å². The van der Waals surface area contributed by atoms with Gasteiger partial charge in [0.05, 0.1) is 6.10 Å². The lowest BCUT2D eigenvalue weighted by molar-refractivity contribution is 0.163. The molecule has 0 heterocycles. The normalized spacial score (nSPS) is 17.9. The molecule has 0 aliphatic rings. The molecule has 0 amide bonds. The first-order chi connectivity index (χ1) is 12.0. The van der Waals surface area contributed by atoms with Gasteiger partial charge in [0.25, 0.3) is 0 Å². The van der Waals surface area contributed by atoms with Gasteiger partial charge in [-0.1, -0.05) is 47.0 Å². The lowest BCUT2D eigenvalue weighted by Gasteiger charge is -2.22. The summed E-state index contributed by atoms with van der Waals surface area (Å²) in [7, 11) is 0. The second-order valence-electron chi connectivity index (χ2n) is 7.84. The van der Waals surface area contributed by atoms with Gasteiger partial charge in [-0.15, -0.1) is 0 Å². The van der Waals surface area contributed by atoms with Crippen molar-refractivity contribution in [1.82, 2.24) is 10.6 Å². The molecule has 7 N–H and O–H groups in total. The van der Waals surface area contributed by atoms with E-state index in [2.05, 4.69) is 38.3 Å². The Morgan fingerprint density at radius 2 is 1.20 bits per heavy atom. The van der Waals surface area contributed by atoms with Crippen molar-refractivity contribution in [2.24, 2.45) is 35.1 Å². The maximum Gasteiger partial charge on any atom is 0.0788 e. The summed E-state index contributed by atoms with van der Waals surface area (Å²) in [5, 5.41) is 17.0. The molecule has 0 aromatic carbocycles. The number of aliphatic hydroxyl groups is 1. The van der Waals surface area contributed by atoms with Gasteiger partial charge in [-0.3, -0.25) is 0 Å². The van der Waals surface area contributed by atoms with Gasteiger partial charge in [-0.05, 0) is 62.7 Å². The van der Waals surface area contributed by atoms with Gasteiger partial charge < -0.3 is 27.2 Å². The summed E-state index contributed by atoms with van der Waals surface area (Å²) >= 11 is 0. The first-order valence-corrected chi connectivity index (χ1v) is 10.5. The third-order valence-electron chi connectivity index (χ3n) is 5.49. The fourth-order valence-electron chi connectivity index (χ4n) is 3.40. The van der Waals surface area contributed by atoms with Crippen LogP contribution in [0.1, 0.15) is 59.8 Å². The van der Waals surface area contributed by atoms with E-state index in [9.17, 15) is 5.11 Å². The fourth-order valence-corrected chi connectivity index (χ4v) is 3.40. The Morgan fingerprint density at radius 1 is 0.720 bits per heavy atom. The minimum atomic E-state index is -0.335. The summed E-state index contributed by atoms with van der Waals surface area (Å²) in [6.07, 6.45) is 5.47. The second-order valence-corrected chi connectivity index (χ2v) is 7.84. The average Bonchev–Trinajstić information content (AvgIpc) is 2.62. The Balaban J connectivity index is 3.83. The molecule has 0 radical (unpaired) electrons. The summed E-state index contributed by atoms with van der Waals surface area (Å²) in [6, 6.07) is 0. The zero-order valence-electron chi connectivity index (χ0n) is 17.3. The molecular formula is C20H46N4O. The molecule has 0 aromatic heterocycles. The molecule has 5 atom stereocenters. The third-order valence-corrected chi connectivity index (χ3v) is 5.49. The van der Waals surface area contributed by atoms with E-state index < -0.39 is 0 Å². The number of nitrogens with two attached hydrogens (primary N) is 2. The summed E-state index contributed by atoms with van der Waals surface area (Å²) in [4.78, 5) is 0. The van der Waals surface area contributed by atoms with Crippen molar-refractivity contribution in [3.8, 4) is 0 Å². The molecule has 0 saturated carbocycles. The molecule has 0 fully saturated rings. The second kappa shape index (κ2) is 16.0. The molecule has 0 spiro atoms. The van der Waals surface area contributed by atoms with E-state index >= 15 is 0 Å². The van der Waals surface area contributed by atoms with Crippen molar-refractivity contribution >= 4 is 0 Å². The zero-order valence-corrected chi connectivity index (χ0v) is 17.3. The quantitative estimate of drug-likeness (QED) is 0.274. The van der Waals surface area contributed by atoms with Gasteiger partial charge in [-0.25, -0.2) is 0 Å². The fraction of sp³-hybridized carbons (Fsp3) is 1.00. The lowest BCUT2D eigenvalue weighted by atomic mass is 9.91. The highest BCUT2D eigenvalue weighted by molar-refractivity contribution is 4.71. The summed E-state index contributed by atoms with van der Waals surface area (Å²) in [6.45, 7) is 13.7. The molecule has 152 valence electrons. The van der Waals surface area contributed by atoms with Crippen LogP contribution in [0, 0.1) is 23.7 Å². The highest BCUT2D eigenvalue weighted by atomic mass is 16.3. The first-order valence-electron chi connectivity index (χ1n) is 10.5. The number of rotatable bonds is 17. The van der Waals surface area contributed by atoms with E-state index in [-0.39, 0.29) is 6.10 Å². The number of hydrogen-bond acceptors (Lipinski definition) is 5. The third kappa shape index (κ3) is 12.7. The number of aliphatic hydroxyl groups excluding tert-OH is 1. The maximum absolute atomic E-state index is 10.1. The van der Waals surface area contributed by atoms with Gasteiger partial charge in [0.1, 0.15) is 0 Å². The summed E-state index contributed by atoms with van der Waals surface area (Å²) < 4.78 is 0. The molecule has 0 aliphatic heterocycles. The standard InChI is InChI=1S/C20H46N4O/c1-5-17(10-21)8-16(4)12-23-14-20(25)15-24-13-19(7-3)9-18(6-2)11-22/h16-20,23-25H,5-15,21-22H2,1-4H3. The minimum Gasteiger partial charge on any atom is -0.390 e. The highest BCUT2D eigenvalue weighted by Crippen LogP contribution is 2.17. The van der Waals surface area contributed by atoms with Gasteiger partial charge in [0.15, 0.2) is 0 Å². The van der Waals surface area contributed by atoms with Crippen LogP contribution < -0.4 is 22.1 Å². The van der Waals surface area contributed by atoms with Gasteiger partial charge in [0, 0.05) is 13.1 Å². The van der Waals surface area contributed by atoms with Crippen molar-refractivity contribution in [2.45, 2.75) is 65.9 Å². The molecule has 0 rings (SSSR count). The Morgan fingerprint density at radius 3 is 1.68 bits per heavy atom. The van der Waals surface area contributed by atoms with Crippen LogP contribution in [-0.4, -0.2) is 50.5 Å². The predicted molar refractivity (Wildman–Crippen MR) is 110 cm³/mol. The van der Waals surface area contributed by atoms with Crippen molar-refractivity contribution in [3.05, 3.63) is 0 Å². The molecule has 25 heavy (non-hydrogen) atoms. The molecule has 5 heteroatoms. The Kier molecular flexibility index (Phi) is 15.9. The van der Waals surface area contributed by atoms with Gasteiger partial charge in [0.2, 0.25) is 0 Å². The molecule has 0 aliphatic carbocycles. The van der Waals surface area contributed by atoms with Crippen molar-refractivity contribution in [3.63, 3.8) is 0 Å². The Labute approximate surface area is 156 Å². The predicted octanol–water partition coefficient (Wildman–Crippen LogP) is 1.94. The van der Waals surface area contributed by atoms with E-state index in [1.165, 1.54) is 6.42 Å². The first kappa shape index (κ1) is 24.8. The van der Waals surface area contributed by atoms with Crippen molar-refractivity contribution < 1.29 is 5.11 Å².